The maximum Gasteiger partial charge on any atom is 0.104 e. The van der Waals surface area contributed by atoms with Gasteiger partial charge in [0.25, 0.3) is 0 Å². The number of ether oxygens (including phenoxy) is 1. The first-order valence-corrected chi connectivity index (χ1v) is 7.58. The molecular formula is C17H22N2OS. The van der Waals surface area contributed by atoms with Crippen molar-refractivity contribution >= 4 is 33.7 Å². The van der Waals surface area contributed by atoms with Crippen molar-refractivity contribution in [1.82, 2.24) is 0 Å². The number of rotatable bonds is 6. The number of anilines is 1. The second-order valence-electron chi connectivity index (χ2n) is 5.13. The Morgan fingerprint density at radius 2 is 1.90 bits per heavy atom. The van der Waals surface area contributed by atoms with Gasteiger partial charge in [-0.3, -0.25) is 0 Å². The summed E-state index contributed by atoms with van der Waals surface area (Å²) in [7, 11) is 1.73. The van der Waals surface area contributed by atoms with Gasteiger partial charge in [-0.05, 0) is 31.4 Å². The highest BCUT2D eigenvalue weighted by molar-refractivity contribution is 7.80. The van der Waals surface area contributed by atoms with Gasteiger partial charge >= 0.3 is 0 Å². The molecule has 0 fully saturated rings. The van der Waals surface area contributed by atoms with E-state index in [2.05, 4.69) is 36.9 Å². The third-order valence-corrected chi connectivity index (χ3v) is 3.98. The zero-order valence-corrected chi connectivity index (χ0v) is 13.6. The molecule has 0 amide bonds. The Morgan fingerprint density at radius 3 is 2.48 bits per heavy atom. The van der Waals surface area contributed by atoms with E-state index in [1.54, 1.807) is 7.11 Å². The Bertz CT molecular complexity index is 642. The molecule has 0 radical (unpaired) electrons. The SMILES string of the molecule is CCN(c1ccc(C(N)=S)c2ccccc12)C(C)COC. The average molecular weight is 302 g/mol. The lowest BCUT2D eigenvalue weighted by molar-refractivity contribution is 0.182. The predicted octanol–water partition coefficient (Wildman–Crippen LogP) is 3.34. The summed E-state index contributed by atoms with van der Waals surface area (Å²) in [6.07, 6.45) is 0. The topological polar surface area (TPSA) is 38.5 Å². The lowest BCUT2D eigenvalue weighted by Crippen LogP contribution is -2.36. The molecule has 21 heavy (non-hydrogen) atoms. The van der Waals surface area contributed by atoms with E-state index < -0.39 is 0 Å². The second-order valence-corrected chi connectivity index (χ2v) is 5.57. The summed E-state index contributed by atoms with van der Waals surface area (Å²) in [5, 5.41) is 2.28. The molecule has 2 N–H and O–H groups in total. The predicted molar refractivity (Wildman–Crippen MR) is 94.2 cm³/mol. The van der Waals surface area contributed by atoms with Crippen LogP contribution in [0, 0.1) is 0 Å². The fraction of sp³-hybridized carbons (Fsp3) is 0.353. The number of hydrogen-bond donors (Lipinski definition) is 1. The van der Waals surface area contributed by atoms with E-state index in [1.165, 1.54) is 11.1 Å². The largest absolute Gasteiger partial charge is 0.389 e. The zero-order valence-electron chi connectivity index (χ0n) is 12.8. The molecule has 0 aromatic heterocycles. The van der Waals surface area contributed by atoms with Crippen LogP contribution in [0.1, 0.15) is 19.4 Å². The summed E-state index contributed by atoms with van der Waals surface area (Å²) in [5.74, 6) is 0. The van der Waals surface area contributed by atoms with Crippen LogP contribution in [0.3, 0.4) is 0 Å². The van der Waals surface area contributed by atoms with Gasteiger partial charge in [0.1, 0.15) is 4.99 Å². The summed E-state index contributed by atoms with van der Waals surface area (Å²) in [5.41, 5.74) is 7.97. The lowest BCUT2D eigenvalue weighted by Gasteiger charge is -2.31. The second kappa shape index (κ2) is 6.87. The fourth-order valence-electron chi connectivity index (χ4n) is 2.80. The molecule has 2 rings (SSSR count). The Morgan fingerprint density at radius 1 is 1.24 bits per heavy atom. The van der Waals surface area contributed by atoms with E-state index >= 15 is 0 Å². The van der Waals surface area contributed by atoms with Crippen LogP contribution in [0.2, 0.25) is 0 Å². The highest BCUT2D eigenvalue weighted by Crippen LogP contribution is 2.30. The number of nitrogens with two attached hydrogens (primary N) is 1. The smallest absolute Gasteiger partial charge is 0.104 e. The third kappa shape index (κ3) is 3.17. The normalized spacial score (nSPS) is 12.3. The summed E-state index contributed by atoms with van der Waals surface area (Å²) in [4.78, 5) is 2.78. The maximum absolute atomic E-state index is 5.84. The minimum Gasteiger partial charge on any atom is -0.389 e. The summed E-state index contributed by atoms with van der Waals surface area (Å²) >= 11 is 5.16. The number of nitrogens with zero attached hydrogens (tertiary/aromatic N) is 1. The van der Waals surface area contributed by atoms with Gasteiger partial charge in [0.15, 0.2) is 0 Å². The number of hydrogen-bond acceptors (Lipinski definition) is 3. The molecule has 2 aromatic carbocycles. The van der Waals surface area contributed by atoms with Crippen LogP contribution >= 0.6 is 12.2 Å². The van der Waals surface area contributed by atoms with Crippen molar-refractivity contribution in [3.05, 3.63) is 42.0 Å². The molecule has 0 aliphatic carbocycles. The Labute approximate surface area is 131 Å². The van der Waals surface area contributed by atoms with Gasteiger partial charge < -0.3 is 15.4 Å². The molecule has 4 heteroatoms. The van der Waals surface area contributed by atoms with Crippen LogP contribution in [0.5, 0.6) is 0 Å². The van der Waals surface area contributed by atoms with Gasteiger partial charge in [-0.15, -0.1) is 0 Å². The Hall–Kier alpha value is -1.65. The lowest BCUT2D eigenvalue weighted by atomic mass is 10.0. The van der Waals surface area contributed by atoms with E-state index in [0.29, 0.717) is 17.6 Å². The standard InChI is InChI=1S/C17H22N2OS/c1-4-19(12(2)11-20-3)16-10-9-15(17(18)21)13-7-5-6-8-14(13)16/h5-10,12H,4,11H2,1-3H3,(H2,18,21). The molecule has 1 unspecified atom stereocenters. The molecular weight excluding hydrogens is 280 g/mol. The minimum absolute atomic E-state index is 0.305. The average Bonchev–Trinajstić information content (AvgIpc) is 2.48. The van der Waals surface area contributed by atoms with Gasteiger partial charge in [-0.2, -0.15) is 0 Å². The van der Waals surface area contributed by atoms with Crippen molar-refractivity contribution in [2.24, 2.45) is 5.73 Å². The van der Waals surface area contributed by atoms with E-state index in [4.69, 9.17) is 22.7 Å². The fourth-order valence-corrected chi connectivity index (χ4v) is 2.98. The van der Waals surface area contributed by atoms with Crippen LogP contribution < -0.4 is 10.6 Å². The van der Waals surface area contributed by atoms with E-state index in [9.17, 15) is 0 Å². The Kier molecular flexibility index (Phi) is 5.15. The summed E-state index contributed by atoms with van der Waals surface area (Å²) < 4.78 is 5.30. The van der Waals surface area contributed by atoms with Gasteiger partial charge in [0, 0.05) is 36.3 Å². The summed E-state index contributed by atoms with van der Waals surface area (Å²) in [6.45, 7) is 5.94. The third-order valence-electron chi connectivity index (χ3n) is 3.76. The molecule has 0 saturated heterocycles. The molecule has 0 spiro atoms. The molecule has 1 atom stereocenters. The highest BCUT2D eigenvalue weighted by Gasteiger charge is 2.16. The first-order valence-electron chi connectivity index (χ1n) is 7.17. The van der Waals surface area contributed by atoms with Crippen LogP contribution in [-0.4, -0.2) is 31.3 Å². The van der Waals surface area contributed by atoms with Gasteiger partial charge in [-0.25, -0.2) is 0 Å². The van der Waals surface area contributed by atoms with Gasteiger partial charge in [0.05, 0.1) is 6.61 Å². The molecule has 0 heterocycles. The monoisotopic (exact) mass is 302 g/mol. The highest BCUT2D eigenvalue weighted by atomic mass is 32.1. The quantitative estimate of drug-likeness (QED) is 0.831. The first kappa shape index (κ1) is 15.7. The van der Waals surface area contributed by atoms with E-state index in [1.807, 2.05) is 18.2 Å². The number of fused-ring (bicyclic) bond motifs is 1. The molecule has 3 nitrogen and oxygen atoms in total. The van der Waals surface area contributed by atoms with Gasteiger partial charge in [-0.1, -0.05) is 36.5 Å². The van der Waals surface area contributed by atoms with E-state index in [-0.39, 0.29) is 0 Å². The zero-order chi connectivity index (χ0) is 15.4. The molecule has 0 aliphatic heterocycles. The molecule has 0 saturated carbocycles. The minimum atomic E-state index is 0.305. The Balaban J connectivity index is 2.59. The van der Waals surface area contributed by atoms with Crippen molar-refractivity contribution in [1.29, 1.82) is 0 Å². The number of likely N-dealkylation sites (N-methyl/N-ethyl adjacent to an activating group) is 1. The van der Waals surface area contributed by atoms with Crippen molar-refractivity contribution in [3.8, 4) is 0 Å². The van der Waals surface area contributed by atoms with Crippen LogP contribution in [0.25, 0.3) is 10.8 Å². The molecule has 0 aliphatic rings. The van der Waals surface area contributed by atoms with Crippen LogP contribution in [0.4, 0.5) is 5.69 Å². The van der Waals surface area contributed by atoms with E-state index in [0.717, 1.165) is 17.5 Å². The van der Waals surface area contributed by atoms with Crippen molar-refractivity contribution in [2.45, 2.75) is 19.9 Å². The number of methoxy groups -OCH3 is 1. The number of benzene rings is 2. The molecule has 112 valence electrons. The van der Waals surface area contributed by atoms with Crippen LogP contribution in [0.15, 0.2) is 36.4 Å². The van der Waals surface area contributed by atoms with Gasteiger partial charge in [0.2, 0.25) is 0 Å². The van der Waals surface area contributed by atoms with Crippen molar-refractivity contribution < 1.29 is 4.74 Å². The number of thiocarbonyl (C=S) groups is 1. The summed E-state index contributed by atoms with van der Waals surface area (Å²) in [6, 6.07) is 12.7. The molecule has 2 aromatic rings. The van der Waals surface area contributed by atoms with Crippen molar-refractivity contribution in [2.75, 3.05) is 25.2 Å². The maximum atomic E-state index is 5.84. The van der Waals surface area contributed by atoms with Crippen LogP contribution in [-0.2, 0) is 4.74 Å². The first-order chi connectivity index (χ1) is 10.1. The van der Waals surface area contributed by atoms with Crippen molar-refractivity contribution in [3.63, 3.8) is 0 Å². The molecule has 0 bridgehead atoms.